The number of aromatic nitrogens is 4. The van der Waals surface area contributed by atoms with Crippen LogP contribution in [0.3, 0.4) is 0 Å². The first-order valence-corrected chi connectivity index (χ1v) is 8.26. The fourth-order valence-electron chi connectivity index (χ4n) is 3.23. The number of para-hydroxylation sites is 2. The maximum Gasteiger partial charge on any atom is 0.332 e. The fourth-order valence-corrected chi connectivity index (χ4v) is 3.23. The number of ether oxygens (including phenoxy) is 1. The van der Waals surface area contributed by atoms with E-state index in [0.717, 1.165) is 19.4 Å². The summed E-state index contributed by atoms with van der Waals surface area (Å²) in [4.78, 5) is 26.4. The molecule has 1 fully saturated rings. The van der Waals surface area contributed by atoms with Gasteiger partial charge in [-0.1, -0.05) is 12.1 Å². The van der Waals surface area contributed by atoms with Crippen LogP contribution in [0.2, 0.25) is 0 Å². The third-order valence-electron chi connectivity index (χ3n) is 4.56. The zero-order valence-corrected chi connectivity index (χ0v) is 14.2. The molecule has 0 aliphatic carbocycles. The van der Waals surface area contributed by atoms with Crippen LogP contribution in [0.15, 0.2) is 35.3 Å². The number of methoxy groups -OCH3 is 1. The Morgan fingerprint density at radius 3 is 2.96 bits per heavy atom. The molecule has 130 valence electrons. The molecule has 0 radical (unpaired) electrons. The van der Waals surface area contributed by atoms with Crippen LogP contribution >= 0.6 is 0 Å². The molecule has 1 aliphatic heterocycles. The van der Waals surface area contributed by atoms with Crippen molar-refractivity contribution in [2.24, 2.45) is 0 Å². The predicted octanol–water partition coefficient (Wildman–Crippen LogP) is 1.26. The van der Waals surface area contributed by atoms with Crippen molar-refractivity contribution in [3.05, 3.63) is 40.9 Å². The summed E-state index contributed by atoms with van der Waals surface area (Å²) in [5, 5.41) is 3.42. The zero-order valence-electron chi connectivity index (χ0n) is 14.2. The van der Waals surface area contributed by atoms with Crippen molar-refractivity contribution >= 4 is 17.1 Å². The molecule has 1 saturated heterocycles. The second kappa shape index (κ2) is 6.21. The Morgan fingerprint density at radius 1 is 1.36 bits per heavy atom. The number of fused-ring (bicyclic) bond motifs is 1. The van der Waals surface area contributed by atoms with E-state index in [-0.39, 0.29) is 11.9 Å². The number of benzene rings is 1. The number of H-pyrrole nitrogens is 1. The number of hydrogen-bond donors (Lipinski definition) is 2. The maximum atomic E-state index is 12.5. The lowest BCUT2D eigenvalue weighted by atomic mass is 10.3. The van der Waals surface area contributed by atoms with E-state index in [4.69, 9.17) is 4.74 Å². The van der Waals surface area contributed by atoms with Crippen LogP contribution in [-0.2, 0) is 0 Å². The molecule has 3 heterocycles. The smallest absolute Gasteiger partial charge is 0.332 e. The molecule has 8 nitrogen and oxygen atoms in total. The number of nitrogens with zero attached hydrogens (tertiary/aromatic N) is 4. The van der Waals surface area contributed by atoms with Crippen LogP contribution in [0, 0.1) is 0 Å². The molecule has 8 heteroatoms. The van der Waals surface area contributed by atoms with Crippen LogP contribution in [0.4, 0.5) is 5.95 Å². The Labute approximate surface area is 144 Å². The first kappa shape index (κ1) is 15.6. The lowest BCUT2D eigenvalue weighted by molar-refractivity contribution is 0.413. The van der Waals surface area contributed by atoms with Gasteiger partial charge in [-0.05, 0) is 31.5 Å². The normalized spacial score (nSPS) is 17.1. The average molecular weight is 340 g/mol. The summed E-state index contributed by atoms with van der Waals surface area (Å²) < 4.78 is 6.92. The van der Waals surface area contributed by atoms with Gasteiger partial charge in [0.25, 0.3) is 0 Å². The average Bonchev–Trinajstić information content (AvgIpc) is 3.27. The van der Waals surface area contributed by atoms with Gasteiger partial charge in [0.05, 0.1) is 25.2 Å². The molecule has 25 heavy (non-hydrogen) atoms. The highest BCUT2D eigenvalue weighted by atomic mass is 16.5. The molecule has 0 unspecified atom stereocenters. The summed E-state index contributed by atoms with van der Waals surface area (Å²) >= 11 is 0. The molecule has 1 aliphatic rings. The Bertz CT molecular complexity index is 957. The summed E-state index contributed by atoms with van der Waals surface area (Å²) in [6, 6.07) is 7.37. The van der Waals surface area contributed by atoms with Gasteiger partial charge in [-0.3, -0.25) is 5.32 Å². The SMILES string of the molecule is COc1ccccc1-n1c(=O)[nH]c2cnc(N(C)[C@H]3CCCN3)nc21. The number of imidazole rings is 1. The minimum absolute atomic E-state index is 0.211. The quantitative estimate of drug-likeness (QED) is 0.743. The van der Waals surface area contributed by atoms with Crippen LogP contribution in [0.5, 0.6) is 5.75 Å². The van der Waals surface area contributed by atoms with Crippen molar-refractivity contribution in [1.82, 2.24) is 24.8 Å². The molecule has 1 atom stereocenters. The van der Waals surface area contributed by atoms with Crippen molar-refractivity contribution in [3.63, 3.8) is 0 Å². The minimum atomic E-state index is -0.271. The van der Waals surface area contributed by atoms with E-state index in [0.29, 0.717) is 28.5 Å². The van der Waals surface area contributed by atoms with Gasteiger partial charge >= 0.3 is 5.69 Å². The molecule has 0 spiro atoms. The summed E-state index contributed by atoms with van der Waals surface area (Å²) in [5.41, 5.74) is 1.50. The first-order chi connectivity index (χ1) is 12.2. The topological polar surface area (TPSA) is 88.1 Å². The molecule has 3 aromatic rings. The Morgan fingerprint density at radius 2 is 2.20 bits per heavy atom. The van der Waals surface area contributed by atoms with Gasteiger partial charge in [-0.25, -0.2) is 14.3 Å². The van der Waals surface area contributed by atoms with Crippen LogP contribution in [-0.4, -0.2) is 46.4 Å². The van der Waals surface area contributed by atoms with Crippen molar-refractivity contribution < 1.29 is 4.74 Å². The molecular formula is C17H20N6O2. The molecule has 2 N–H and O–H groups in total. The van der Waals surface area contributed by atoms with Crippen molar-refractivity contribution in [3.8, 4) is 11.4 Å². The van der Waals surface area contributed by atoms with Crippen LogP contribution < -0.4 is 20.6 Å². The van der Waals surface area contributed by atoms with Gasteiger partial charge in [0.1, 0.15) is 11.3 Å². The van der Waals surface area contributed by atoms with Gasteiger partial charge in [0.2, 0.25) is 5.95 Å². The lowest BCUT2D eigenvalue weighted by Gasteiger charge is -2.24. The monoisotopic (exact) mass is 340 g/mol. The molecule has 0 saturated carbocycles. The third kappa shape index (κ3) is 2.64. The van der Waals surface area contributed by atoms with E-state index in [2.05, 4.69) is 20.3 Å². The third-order valence-corrected chi connectivity index (χ3v) is 4.56. The summed E-state index contributed by atoms with van der Waals surface area (Å²) in [5.74, 6) is 1.19. The van der Waals surface area contributed by atoms with Gasteiger partial charge in [0, 0.05) is 7.05 Å². The number of hydrogen-bond acceptors (Lipinski definition) is 6. The molecule has 4 rings (SSSR count). The van der Waals surface area contributed by atoms with E-state index in [1.165, 1.54) is 4.57 Å². The fraction of sp³-hybridized carbons (Fsp3) is 0.353. The molecular weight excluding hydrogens is 320 g/mol. The predicted molar refractivity (Wildman–Crippen MR) is 95.5 cm³/mol. The second-order valence-electron chi connectivity index (χ2n) is 6.07. The molecule has 2 aromatic heterocycles. The van der Waals surface area contributed by atoms with E-state index in [1.54, 1.807) is 13.3 Å². The highest BCUT2D eigenvalue weighted by Gasteiger charge is 2.22. The molecule has 0 amide bonds. The minimum Gasteiger partial charge on any atom is -0.495 e. The molecule has 0 bridgehead atoms. The summed E-state index contributed by atoms with van der Waals surface area (Å²) in [6.45, 7) is 0.993. The van der Waals surface area contributed by atoms with Crippen LogP contribution in [0.1, 0.15) is 12.8 Å². The largest absolute Gasteiger partial charge is 0.495 e. The van der Waals surface area contributed by atoms with Gasteiger partial charge in [-0.2, -0.15) is 4.98 Å². The summed E-state index contributed by atoms with van der Waals surface area (Å²) in [6.07, 6.45) is 4.04. The van der Waals surface area contributed by atoms with Crippen LogP contribution in [0.25, 0.3) is 16.9 Å². The Hall–Kier alpha value is -2.87. The van der Waals surface area contributed by atoms with E-state index in [9.17, 15) is 4.79 Å². The van der Waals surface area contributed by atoms with E-state index >= 15 is 0 Å². The lowest BCUT2D eigenvalue weighted by Crippen LogP contribution is -2.40. The van der Waals surface area contributed by atoms with Gasteiger partial charge in [0.15, 0.2) is 5.65 Å². The highest BCUT2D eigenvalue weighted by Crippen LogP contribution is 2.24. The Balaban J connectivity index is 1.86. The number of anilines is 1. The summed E-state index contributed by atoms with van der Waals surface area (Å²) in [7, 11) is 3.54. The van der Waals surface area contributed by atoms with Gasteiger partial charge in [-0.15, -0.1) is 0 Å². The van der Waals surface area contributed by atoms with Crippen molar-refractivity contribution in [2.75, 3.05) is 25.6 Å². The van der Waals surface area contributed by atoms with Gasteiger partial charge < -0.3 is 14.6 Å². The van der Waals surface area contributed by atoms with E-state index < -0.39 is 0 Å². The van der Waals surface area contributed by atoms with Crippen molar-refractivity contribution in [1.29, 1.82) is 0 Å². The second-order valence-corrected chi connectivity index (χ2v) is 6.07. The Kier molecular flexibility index (Phi) is 3.89. The highest BCUT2D eigenvalue weighted by molar-refractivity contribution is 5.74. The molecule has 1 aromatic carbocycles. The zero-order chi connectivity index (χ0) is 17.4. The number of rotatable bonds is 4. The van der Waals surface area contributed by atoms with E-state index in [1.807, 2.05) is 36.2 Å². The standard InChI is InChI=1S/C17H20N6O2/c1-22(14-8-5-9-18-14)16-19-10-11-15(21-16)23(17(24)20-11)12-6-3-4-7-13(12)25-2/h3-4,6-7,10,14,18H,5,8-9H2,1-2H3,(H,20,24)/t14-/m0/s1. The first-order valence-electron chi connectivity index (χ1n) is 8.26. The maximum absolute atomic E-state index is 12.5. The number of aromatic amines is 1. The number of nitrogens with one attached hydrogen (secondary N) is 2. The van der Waals surface area contributed by atoms with Crippen molar-refractivity contribution in [2.45, 2.75) is 19.0 Å².